The van der Waals surface area contributed by atoms with E-state index in [1.165, 1.54) is 29.0 Å². The van der Waals surface area contributed by atoms with Crippen molar-refractivity contribution in [1.82, 2.24) is 9.88 Å². The smallest absolute Gasteiger partial charge is 0.135 e. The molecule has 0 unspecified atom stereocenters. The van der Waals surface area contributed by atoms with Crippen molar-refractivity contribution in [3.63, 3.8) is 0 Å². The van der Waals surface area contributed by atoms with Crippen LogP contribution in [0, 0.1) is 18.2 Å². The standard InChI is InChI=1S/C21H18FN3OS/c1-13-2-4-14(5-3-13)10-25-11-18(26)19(20(25)23)21-24-17(12-27-21)15-6-8-16(22)9-7-15/h2-9,12,23,26H,10-11H2,1H3. The van der Waals surface area contributed by atoms with Gasteiger partial charge in [-0.1, -0.05) is 29.8 Å². The number of aryl methyl sites for hydroxylation is 1. The van der Waals surface area contributed by atoms with Gasteiger partial charge >= 0.3 is 0 Å². The molecule has 0 atom stereocenters. The summed E-state index contributed by atoms with van der Waals surface area (Å²) in [5, 5.41) is 21.4. The van der Waals surface area contributed by atoms with E-state index in [1.54, 1.807) is 12.1 Å². The van der Waals surface area contributed by atoms with E-state index in [4.69, 9.17) is 5.41 Å². The lowest BCUT2D eigenvalue weighted by molar-refractivity contribution is 0.347. The van der Waals surface area contributed by atoms with E-state index in [1.807, 2.05) is 41.5 Å². The lowest BCUT2D eigenvalue weighted by Crippen LogP contribution is -2.26. The van der Waals surface area contributed by atoms with E-state index in [0.29, 0.717) is 29.4 Å². The molecular formula is C21H18FN3OS. The number of benzene rings is 2. The quantitative estimate of drug-likeness (QED) is 0.669. The van der Waals surface area contributed by atoms with Crippen LogP contribution in [-0.4, -0.2) is 27.4 Å². The molecule has 4 nitrogen and oxygen atoms in total. The number of amidine groups is 1. The number of nitrogens with zero attached hydrogens (tertiary/aromatic N) is 2. The highest BCUT2D eigenvalue weighted by atomic mass is 32.1. The zero-order valence-corrected chi connectivity index (χ0v) is 15.6. The van der Waals surface area contributed by atoms with Crippen molar-refractivity contribution >= 4 is 22.7 Å². The SMILES string of the molecule is Cc1ccc(CN2CC(O)=C(c3nc(-c4ccc(F)cc4)cs3)C2=N)cc1. The summed E-state index contributed by atoms with van der Waals surface area (Å²) in [7, 11) is 0. The van der Waals surface area contributed by atoms with Gasteiger partial charge < -0.3 is 10.0 Å². The molecule has 2 N–H and O–H groups in total. The van der Waals surface area contributed by atoms with Crippen LogP contribution in [-0.2, 0) is 6.54 Å². The first-order chi connectivity index (χ1) is 13.0. The minimum Gasteiger partial charge on any atom is -0.510 e. The van der Waals surface area contributed by atoms with Crippen molar-refractivity contribution in [3.05, 3.63) is 81.6 Å². The average Bonchev–Trinajstić information content (AvgIpc) is 3.22. The van der Waals surface area contributed by atoms with Crippen LogP contribution in [0.2, 0.25) is 0 Å². The van der Waals surface area contributed by atoms with Crippen molar-refractivity contribution < 1.29 is 9.50 Å². The maximum Gasteiger partial charge on any atom is 0.135 e. The van der Waals surface area contributed by atoms with Gasteiger partial charge in [0.2, 0.25) is 0 Å². The predicted octanol–water partition coefficient (Wildman–Crippen LogP) is 5.02. The molecule has 136 valence electrons. The summed E-state index contributed by atoms with van der Waals surface area (Å²) in [6.07, 6.45) is 0. The summed E-state index contributed by atoms with van der Waals surface area (Å²) >= 11 is 1.37. The molecule has 0 saturated carbocycles. The van der Waals surface area contributed by atoms with Gasteiger partial charge in [-0.2, -0.15) is 0 Å². The van der Waals surface area contributed by atoms with Gasteiger partial charge in [-0.05, 0) is 36.8 Å². The van der Waals surface area contributed by atoms with Crippen LogP contribution in [0.4, 0.5) is 4.39 Å². The van der Waals surface area contributed by atoms with Gasteiger partial charge in [0.1, 0.15) is 22.4 Å². The summed E-state index contributed by atoms with van der Waals surface area (Å²) in [4.78, 5) is 6.38. The summed E-state index contributed by atoms with van der Waals surface area (Å²) in [6, 6.07) is 14.3. The van der Waals surface area contributed by atoms with Crippen LogP contribution in [0.5, 0.6) is 0 Å². The first kappa shape index (κ1) is 17.4. The molecule has 0 aliphatic carbocycles. The number of halogens is 1. The molecule has 0 fully saturated rings. The molecule has 3 aromatic rings. The lowest BCUT2D eigenvalue weighted by atomic mass is 10.1. The van der Waals surface area contributed by atoms with Crippen molar-refractivity contribution in [2.24, 2.45) is 0 Å². The maximum absolute atomic E-state index is 13.1. The summed E-state index contributed by atoms with van der Waals surface area (Å²) < 4.78 is 13.1. The first-order valence-electron chi connectivity index (χ1n) is 8.54. The molecule has 4 rings (SSSR count). The molecule has 1 aliphatic rings. The van der Waals surface area contributed by atoms with E-state index in [-0.39, 0.29) is 17.4 Å². The third kappa shape index (κ3) is 3.48. The molecule has 1 aromatic heterocycles. The minimum atomic E-state index is -0.293. The van der Waals surface area contributed by atoms with Crippen molar-refractivity contribution in [3.8, 4) is 11.3 Å². The number of aliphatic hydroxyl groups is 1. The third-order valence-electron chi connectivity index (χ3n) is 4.53. The number of rotatable bonds is 4. The Morgan fingerprint density at radius 3 is 2.56 bits per heavy atom. The van der Waals surface area contributed by atoms with Crippen LogP contribution >= 0.6 is 11.3 Å². The number of hydrogen-bond donors (Lipinski definition) is 2. The maximum atomic E-state index is 13.1. The highest BCUT2D eigenvalue weighted by Gasteiger charge is 2.30. The number of aliphatic hydroxyl groups excluding tert-OH is 1. The lowest BCUT2D eigenvalue weighted by Gasteiger charge is -2.18. The molecule has 27 heavy (non-hydrogen) atoms. The fourth-order valence-corrected chi connectivity index (χ4v) is 3.94. The Kier molecular flexibility index (Phi) is 4.49. The summed E-state index contributed by atoms with van der Waals surface area (Å²) in [6.45, 7) is 2.89. The minimum absolute atomic E-state index is 0.159. The first-order valence-corrected chi connectivity index (χ1v) is 9.42. The number of thiazole rings is 1. The van der Waals surface area contributed by atoms with Crippen molar-refractivity contribution in [2.45, 2.75) is 13.5 Å². The second-order valence-electron chi connectivity index (χ2n) is 6.56. The Labute approximate surface area is 160 Å². The molecule has 0 radical (unpaired) electrons. The fourth-order valence-electron chi connectivity index (χ4n) is 3.05. The number of hydrogen-bond acceptors (Lipinski definition) is 4. The topological polar surface area (TPSA) is 60.2 Å². The normalized spacial score (nSPS) is 14.3. The van der Waals surface area contributed by atoms with Gasteiger partial charge in [0.15, 0.2) is 0 Å². The highest BCUT2D eigenvalue weighted by Crippen LogP contribution is 2.32. The van der Waals surface area contributed by atoms with Crippen LogP contribution < -0.4 is 0 Å². The van der Waals surface area contributed by atoms with E-state index < -0.39 is 0 Å². The van der Waals surface area contributed by atoms with Crippen LogP contribution in [0.25, 0.3) is 16.8 Å². The van der Waals surface area contributed by atoms with Crippen molar-refractivity contribution in [2.75, 3.05) is 6.54 Å². The van der Waals surface area contributed by atoms with Crippen LogP contribution in [0.15, 0.2) is 59.7 Å². The van der Waals surface area contributed by atoms with Crippen LogP contribution in [0.3, 0.4) is 0 Å². The Bertz CT molecular complexity index is 1020. The van der Waals surface area contributed by atoms with Gasteiger partial charge in [-0.25, -0.2) is 9.37 Å². The zero-order chi connectivity index (χ0) is 19.0. The van der Waals surface area contributed by atoms with E-state index in [0.717, 1.165) is 11.1 Å². The van der Waals surface area contributed by atoms with Gasteiger partial charge in [0.05, 0.1) is 17.8 Å². The molecule has 2 heterocycles. The highest BCUT2D eigenvalue weighted by molar-refractivity contribution is 7.11. The second kappa shape index (κ2) is 6.96. The molecule has 2 aromatic carbocycles. The second-order valence-corrected chi connectivity index (χ2v) is 7.41. The molecular weight excluding hydrogens is 361 g/mol. The Balaban J connectivity index is 1.55. The monoisotopic (exact) mass is 379 g/mol. The Morgan fingerprint density at radius 1 is 1.15 bits per heavy atom. The summed E-state index contributed by atoms with van der Waals surface area (Å²) in [5.74, 6) is 0.138. The van der Waals surface area contributed by atoms with Crippen LogP contribution in [0.1, 0.15) is 16.1 Å². The number of aromatic nitrogens is 1. The van der Waals surface area contributed by atoms with E-state index >= 15 is 0 Å². The Hall–Kier alpha value is -2.99. The molecule has 1 aliphatic heterocycles. The molecule has 0 amide bonds. The van der Waals surface area contributed by atoms with Gasteiger partial charge in [-0.3, -0.25) is 5.41 Å². The fraction of sp³-hybridized carbons (Fsp3) is 0.143. The molecule has 0 spiro atoms. The number of nitrogens with one attached hydrogen (secondary N) is 1. The average molecular weight is 379 g/mol. The molecule has 0 bridgehead atoms. The zero-order valence-electron chi connectivity index (χ0n) is 14.7. The van der Waals surface area contributed by atoms with E-state index in [9.17, 15) is 9.50 Å². The van der Waals surface area contributed by atoms with Gasteiger partial charge in [0.25, 0.3) is 0 Å². The Morgan fingerprint density at radius 2 is 1.85 bits per heavy atom. The molecule has 6 heteroatoms. The van der Waals surface area contributed by atoms with Gasteiger partial charge in [-0.15, -0.1) is 11.3 Å². The van der Waals surface area contributed by atoms with Gasteiger partial charge in [0, 0.05) is 17.5 Å². The predicted molar refractivity (Wildman–Crippen MR) is 106 cm³/mol. The summed E-state index contributed by atoms with van der Waals surface area (Å²) in [5.41, 5.74) is 4.26. The van der Waals surface area contributed by atoms with E-state index in [2.05, 4.69) is 4.98 Å². The molecule has 0 saturated heterocycles. The van der Waals surface area contributed by atoms with Crippen molar-refractivity contribution in [1.29, 1.82) is 5.41 Å². The largest absolute Gasteiger partial charge is 0.510 e. The third-order valence-corrected chi connectivity index (χ3v) is 5.39.